The van der Waals surface area contributed by atoms with Gasteiger partial charge in [-0.3, -0.25) is 52.7 Å². The lowest BCUT2D eigenvalue weighted by atomic mass is 9.91. The van der Waals surface area contributed by atoms with Crippen molar-refractivity contribution in [2.24, 2.45) is 41.4 Å². The van der Waals surface area contributed by atoms with Gasteiger partial charge in [0.15, 0.2) is 5.37 Å². The molecule has 1 aliphatic heterocycles. The van der Waals surface area contributed by atoms with E-state index in [4.69, 9.17) is 0 Å². The van der Waals surface area contributed by atoms with Crippen LogP contribution < -0.4 is 21.3 Å². The van der Waals surface area contributed by atoms with Crippen LogP contribution in [0.5, 0.6) is 0 Å². The van der Waals surface area contributed by atoms with Crippen LogP contribution in [-0.2, 0) is 52.7 Å². The van der Waals surface area contributed by atoms with Crippen molar-refractivity contribution in [1.29, 1.82) is 0 Å². The van der Waals surface area contributed by atoms with Gasteiger partial charge in [-0.2, -0.15) is 0 Å². The van der Waals surface area contributed by atoms with E-state index in [2.05, 4.69) is 26.2 Å². The van der Waals surface area contributed by atoms with E-state index in [1.54, 1.807) is 47.6 Å². The smallest absolute Gasteiger partial charge is 0.256 e. The number of allylic oxidation sites excluding steroid dienone is 2. The quantitative estimate of drug-likeness (QED) is 0.106. The van der Waals surface area contributed by atoms with Crippen molar-refractivity contribution in [2.75, 3.05) is 68.7 Å². The minimum Gasteiger partial charge on any atom is -0.390 e. The van der Waals surface area contributed by atoms with E-state index in [9.17, 15) is 29.1 Å². The molecule has 1 saturated heterocycles. The first-order chi connectivity index (χ1) is 43.2. The molecule has 0 aliphatic carbocycles. The van der Waals surface area contributed by atoms with Gasteiger partial charge in [-0.05, 0) is 129 Å². The minimum absolute atomic E-state index is 0.000791. The molecule has 0 bridgehead atoms. The Morgan fingerprint density at radius 1 is 0.489 bits per heavy atom. The lowest BCUT2D eigenvalue weighted by molar-refractivity contribution is -0.157. The van der Waals surface area contributed by atoms with Gasteiger partial charge in [0, 0.05) is 67.2 Å². The summed E-state index contributed by atoms with van der Waals surface area (Å²) in [6.45, 7) is 36.7. The monoisotopic (exact) mass is 1350 g/mol. The lowest BCUT2D eigenvalue weighted by Crippen LogP contribution is -2.64. The van der Waals surface area contributed by atoms with Crippen molar-refractivity contribution in [3.8, 4) is 0 Å². The Morgan fingerprint density at radius 3 is 1.34 bits per heavy atom. The Bertz CT molecular complexity index is 2580. The summed E-state index contributed by atoms with van der Waals surface area (Å²) in [5.74, 6) is -9.51. The summed E-state index contributed by atoms with van der Waals surface area (Å²) in [6.07, 6.45) is 2.96. The van der Waals surface area contributed by atoms with Crippen LogP contribution in [0.1, 0.15) is 177 Å². The maximum absolute atomic E-state index is 15.4. The first kappa shape index (κ1) is 86.2. The molecule has 1 heterocycles. The van der Waals surface area contributed by atoms with Crippen LogP contribution >= 0.6 is 11.8 Å². The van der Waals surface area contributed by atoms with E-state index in [-0.39, 0.29) is 61.3 Å². The first-order valence-corrected chi connectivity index (χ1v) is 35.0. The van der Waals surface area contributed by atoms with Crippen LogP contribution in [0.25, 0.3) is 0 Å². The molecule has 5 N–H and O–H groups in total. The number of hydrogen-bond donors (Lipinski definition) is 5. The van der Waals surface area contributed by atoms with Crippen LogP contribution in [-0.4, -0.2) is 255 Å². The summed E-state index contributed by atoms with van der Waals surface area (Å²) < 4.78 is 0. The predicted molar refractivity (Wildman–Crippen MR) is 372 cm³/mol. The number of aliphatic hydroxyl groups is 1. The Balaban J connectivity index is 4.57. The van der Waals surface area contributed by atoms with Crippen LogP contribution in [0.4, 0.5) is 0 Å². The fraction of sp³-hybridized carbons (Fsp3) is 0.812. The van der Waals surface area contributed by atoms with Crippen molar-refractivity contribution in [3.63, 3.8) is 0 Å². The zero-order valence-electron chi connectivity index (χ0n) is 62.7. The van der Waals surface area contributed by atoms with E-state index >= 15 is 28.8 Å². The van der Waals surface area contributed by atoms with E-state index in [0.29, 0.717) is 18.7 Å². The molecule has 0 radical (unpaired) electrons. The molecule has 11 amide bonds. The highest BCUT2D eigenvalue weighted by Gasteiger charge is 2.46. The van der Waals surface area contributed by atoms with Crippen molar-refractivity contribution in [2.45, 2.75) is 254 Å². The van der Waals surface area contributed by atoms with Crippen molar-refractivity contribution in [1.82, 2.24) is 60.5 Å². The van der Waals surface area contributed by atoms with Gasteiger partial charge in [0.05, 0.1) is 6.10 Å². The summed E-state index contributed by atoms with van der Waals surface area (Å²) in [4.78, 5) is 175. The average Bonchev–Trinajstić information content (AvgIpc) is 0.811. The molecule has 24 nitrogen and oxygen atoms in total. The van der Waals surface area contributed by atoms with Crippen LogP contribution in [0, 0.1) is 41.4 Å². The molecule has 13 atom stereocenters. The minimum atomic E-state index is -1.64. The molecule has 0 aromatic rings. The van der Waals surface area contributed by atoms with Crippen LogP contribution in [0.2, 0.25) is 0 Å². The summed E-state index contributed by atoms with van der Waals surface area (Å²) in [5.41, 5.74) is -0.266. The molecule has 0 aromatic carbocycles. The lowest BCUT2D eigenvalue weighted by Gasteiger charge is -2.41. The third-order valence-electron chi connectivity index (χ3n) is 18.0. The number of amides is 11. The molecule has 0 spiro atoms. The summed E-state index contributed by atoms with van der Waals surface area (Å²) in [7, 11) is 12.0. The van der Waals surface area contributed by atoms with Gasteiger partial charge in [-0.1, -0.05) is 109 Å². The van der Waals surface area contributed by atoms with E-state index in [1.807, 2.05) is 96.2 Å². The summed E-state index contributed by atoms with van der Waals surface area (Å²) in [6, 6.07) is -12.6. The highest BCUT2D eigenvalue weighted by atomic mass is 32.2. The Labute approximate surface area is 569 Å². The fourth-order valence-electron chi connectivity index (χ4n) is 11.5. The fourth-order valence-corrected chi connectivity index (χ4v) is 12.8. The van der Waals surface area contributed by atoms with Crippen LogP contribution in [0.15, 0.2) is 12.2 Å². The molecule has 540 valence electrons. The third kappa shape index (κ3) is 24.4. The van der Waals surface area contributed by atoms with Gasteiger partial charge in [-0.15, -0.1) is 11.8 Å². The number of hydrogen-bond acceptors (Lipinski definition) is 14. The molecular formula is C69H126N12O12S. The summed E-state index contributed by atoms with van der Waals surface area (Å²) >= 11 is 1.17. The predicted octanol–water partition coefficient (Wildman–Crippen LogP) is 5.06. The highest BCUT2D eigenvalue weighted by molar-refractivity contribution is 8.00. The van der Waals surface area contributed by atoms with Crippen molar-refractivity contribution >= 4 is 76.7 Å². The standard InChI is InChI=1S/C69H126N12O12S/c1-29-31-32-45(15)56(82)55-60(86)72-48(30-2)62(88)81(28)68(94-34-33-74(21)69(18,19)20)67(93)76(23)50(36-40(5)6)59(85)73-53(43(11)12)65(91)75(22)49(35-39(3)4)58(84)70-46(16)57(83)71-47(17)61(87)77(24)51(37-41(7)8)63(89)78(25)52(38-42(9)10)64(90)79(26)54(44(13)14)66(92)80(55)27/h29,31,39-56,68,82H,30,32-38H2,1-28H3,(H,70,84)(H,71,83)(H,72,86)(H,73,85)/b31-29+/t45-,46+,47-,48+,49+,50+,51+,52+,53+,54+,55+,56-,68-/m1/s1. The van der Waals surface area contributed by atoms with E-state index in [0.717, 1.165) is 4.90 Å². The Kier molecular flexibility index (Phi) is 35.6. The van der Waals surface area contributed by atoms with E-state index < -0.39 is 155 Å². The maximum Gasteiger partial charge on any atom is 0.256 e. The number of carbonyl (C=O) groups excluding carboxylic acids is 11. The first-order valence-electron chi connectivity index (χ1n) is 34.0. The van der Waals surface area contributed by atoms with Crippen molar-refractivity contribution < 1.29 is 57.8 Å². The maximum atomic E-state index is 15.4. The van der Waals surface area contributed by atoms with Gasteiger partial charge in [0.25, 0.3) is 5.91 Å². The second kappa shape index (κ2) is 38.8. The number of nitrogens with one attached hydrogen (secondary N) is 4. The molecule has 25 heteroatoms. The van der Waals surface area contributed by atoms with Gasteiger partial charge in [0.1, 0.15) is 60.4 Å². The molecule has 0 aromatic heterocycles. The summed E-state index contributed by atoms with van der Waals surface area (Å²) in [5, 5.41) is 22.2. The molecule has 1 fully saturated rings. The average molecular weight is 1350 g/mol. The molecule has 94 heavy (non-hydrogen) atoms. The van der Waals surface area contributed by atoms with Gasteiger partial charge in [-0.25, -0.2) is 0 Å². The Hall–Kier alpha value is -5.82. The number of aliphatic hydroxyl groups excluding tert-OH is 1. The third-order valence-corrected chi connectivity index (χ3v) is 19.3. The molecule has 0 saturated carbocycles. The van der Waals surface area contributed by atoms with Crippen LogP contribution in [0.3, 0.4) is 0 Å². The number of thioether (sulfide) groups is 1. The second-order valence-corrected chi connectivity index (χ2v) is 30.8. The Morgan fingerprint density at radius 2 is 0.904 bits per heavy atom. The molecular weight excluding hydrogens is 1220 g/mol. The molecule has 1 rings (SSSR count). The van der Waals surface area contributed by atoms with Gasteiger partial charge in [0.2, 0.25) is 59.1 Å². The second-order valence-electron chi connectivity index (χ2n) is 29.6. The zero-order valence-corrected chi connectivity index (χ0v) is 63.5. The number of rotatable bonds is 19. The number of carbonyl (C=O) groups is 11. The SMILES string of the molecule is C/C=C/C[C@@H](C)[C@@H](O)[C@H]1C(=O)N[C@@H](CC)C(=O)N(C)[C@H](SCCN(C)C(C)(C)C)C(=O)N(C)[C@@H](CC(C)C)C(=O)N[C@@H](C(C)C)C(=O)N(C)[C@@H](CC(C)C)C(=O)N[C@@H](C)C(=O)N[C@H](C)C(=O)N(C)[C@@H](CC(C)C)C(=O)N(C)[C@@H](CC(C)C)C(=O)N(C)[C@@H](C(C)C)C(=O)N1C. The van der Waals surface area contributed by atoms with Gasteiger partial charge < -0.3 is 65.6 Å². The normalized spacial score (nSPS) is 26.5. The van der Waals surface area contributed by atoms with Crippen molar-refractivity contribution in [3.05, 3.63) is 12.2 Å². The van der Waals surface area contributed by atoms with E-state index in [1.165, 1.54) is 104 Å². The largest absolute Gasteiger partial charge is 0.390 e. The molecule has 1 aliphatic rings. The van der Waals surface area contributed by atoms with Gasteiger partial charge >= 0.3 is 0 Å². The molecule has 0 unspecified atom stereocenters. The zero-order chi connectivity index (χ0) is 73.0. The number of likely N-dealkylation sites (N-methyl/N-ethyl adjacent to an activating group) is 7. The topological polar surface area (TPSA) is 282 Å². The number of nitrogens with zero attached hydrogens (tertiary/aromatic N) is 8. The highest BCUT2D eigenvalue weighted by Crippen LogP contribution is 2.28.